The third-order valence-electron chi connectivity index (χ3n) is 3.60. The number of nitrogens with two attached hydrogens (primary N) is 1. The zero-order valence-electron chi connectivity index (χ0n) is 14.9. The number of ether oxygens (including phenoxy) is 1. The van der Waals surface area contributed by atoms with E-state index in [0.29, 0.717) is 29.2 Å². The van der Waals surface area contributed by atoms with Gasteiger partial charge in [0.1, 0.15) is 5.75 Å². The lowest BCUT2D eigenvalue weighted by Crippen LogP contribution is -2.16. The second-order valence-corrected chi connectivity index (χ2v) is 6.66. The maximum absolute atomic E-state index is 12.6. The van der Waals surface area contributed by atoms with Gasteiger partial charge in [-0.3, -0.25) is 9.59 Å². The van der Waals surface area contributed by atoms with Crippen molar-refractivity contribution in [2.24, 2.45) is 5.92 Å². The number of hydrogen-bond donors (Lipinski definition) is 3. The quantitative estimate of drug-likeness (QED) is 0.660. The summed E-state index contributed by atoms with van der Waals surface area (Å²) >= 11 is 6.15. The minimum atomic E-state index is -0.435. The number of nitrogen functional groups attached to an aromatic ring is 1. The number of benzene rings is 2. The summed E-state index contributed by atoms with van der Waals surface area (Å²) in [6, 6.07) is 9.71. The zero-order valence-corrected chi connectivity index (χ0v) is 15.7. The molecule has 0 aliphatic carbocycles. The van der Waals surface area contributed by atoms with Crippen molar-refractivity contribution in [3.05, 3.63) is 47.0 Å². The van der Waals surface area contributed by atoms with Gasteiger partial charge in [-0.2, -0.15) is 0 Å². The van der Waals surface area contributed by atoms with Gasteiger partial charge < -0.3 is 21.1 Å². The van der Waals surface area contributed by atoms with Crippen LogP contribution in [0.1, 0.15) is 30.6 Å². The second-order valence-electron chi connectivity index (χ2n) is 6.25. The second kappa shape index (κ2) is 8.58. The van der Waals surface area contributed by atoms with E-state index < -0.39 is 5.91 Å². The van der Waals surface area contributed by atoms with E-state index >= 15 is 0 Å². The highest BCUT2D eigenvalue weighted by atomic mass is 35.5. The molecule has 138 valence electrons. The lowest BCUT2D eigenvalue weighted by Gasteiger charge is -2.12. The third kappa shape index (κ3) is 5.13. The van der Waals surface area contributed by atoms with Gasteiger partial charge >= 0.3 is 0 Å². The van der Waals surface area contributed by atoms with Crippen LogP contribution in [-0.4, -0.2) is 18.9 Å². The highest BCUT2D eigenvalue weighted by Gasteiger charge is 2.15. The Labute approximate surface area is 157 Å². The Morgan fingerprint density at radius 2 is 1.88 bits per heavy atom. The number of halogens is 1. The van der Waals surface area contributed by atoms with E-state index in [1.807, 2.05) is 13.8 Å². The average molecular weight is 376 g/mol. The predicted octanol–water partition coefficient (Wildman–Crippen LogP) is 4.17. The first-order chi connectivity index (χ1) is 12.3. The molecule has 0 atom stereocenters. The summed E-state index contributed by atoms with van der Waals surface area (Å²) in [4.78, 5) is 24.5. The molecule has 0 heterocycles. The minimum absolute atomic E-state index is 0.120. The largest absolute Gasteiger partial charge is 0.497 e. The van der Waals surface area contributed by atoms with Crippen molar-refractivity contribution < 1.29 is 14.3 Å². The van der Waals surface area contributed by atoms with Crippen molar-refractivity contribution in [1.82, 2.24) is 0 Å². The Kier molecular flexibility index (Phi) is 6.46. The van der Waals surface area contributed by atoms with Gasteiger partial charge in [0.05, 0.1) is 29.1 Å². The van der Waals surface area contributed by atoms with Crippen molar-refractivity contribution in [2.75, 3.05) is 23.5 Å². The van der Waals surface area contributed by atoms with E-state index in [1.165, 1.54) is 13.2 Å². The summed E-state index contributed by atoms with van der Waals surface area (Å²) in [6.07, 6.45) is 0.393. The summed E-state index contributed by atoms with van der Waals surface area (Å²) in [5, 5.41) is 5.75. The van der Waals surface area contributed by atoms with Gasteiger partial charge in [-0.15, -0.1) is 0 Å². The van der Waals surface area contributed by atoms with Crippen LogP contribution in [-0.2, 0) is 4.79 Å². The number of methoxy groups -OCH3 is 1. The SMILES string of the molecule is COc1ccc(N)c(NC(=O)c2cc(NC(=O)CC(C)C)ccc2Cl)c1. The third-order valence-corrected chi connectivity index (χ3v) is 3.93. The number of rotatable bonds is 6. The lowest BCUT2D eigenvalue weighted by atomic mass is 10.1. The van der Waals surface area contributed by atoms with Crippen LogP contribution in [0.2, 0.25) is 5.02 Å². The fourth-order valence-electron chi connectivity index (χ4n) is 2.32. The molecule has 0 saturated heterocycles. The normalized spacial score (nSPS) is 10.5. The van der Waals surface area contributed by atoms with Crippen molar-refractivity contribution in [3.63, 3.8) is 0 Å². The minimum Gasteiger partial charge on any atom is -0.497 e. The number of amides is 2. The van der Waals surface area contributed by atoms with Gasteiger partial charge in [-0.1, -0.05) is 25.4 Å². The van der Waals surface area contributed by atoms with Crippen molar-refractivity contribution in [1.29, 1.82) is 0 Å². The molecule has 0 unspecified atom stereocenters. The van der Waals surface area contributed by atoms with E-state index in [4.69, 9.17) is 22.1 Å². The van der Waals surface area contributed by atoms with Crippen LogP contribution < -0.4 is 21.1 Å². The predicted molar refractivity (Wildman–Crippen MR) is 105 cm³/mol. The Morgan fingerprint density at radius 1 is 1.15 bits per heavy atom. The van der Waals surface area contributed by atoms with Crippen LogP contribution in [0.3, 0.4) is 0 Å². The van der Waals surface area contributed by atoms with Gasteiger partial charge in [0.15, 0.2) is 0 Å². The Hall–Kier alpha value is -2.73. The average Bonchev–Trinajstić information content (AvgIpc) is 2.57. The monoisotopic (exact) mass is 375 g/mol. The fraction of sp³-hybridized carbons (Fsp3) is 0.263. The summed E-state index contributed by atoms with van der Waals surface area (Å²) in [6.45, 7) is 3.91. The first-order valence-corrected chi connectivity index (χ1v) is 8.52. The van der Waals surface area contributed by atoms with Crippen molar-refractivity contribution in [2.45, 2.75) is 20.3 Å². The van der Waals surface area contributed by atoms with Gasteiger partial charge in [0.25, 0.3) is 5.91 Å². The topological polar surface area (TPSA) is 93.4 Å². The standard InChI is InChI=1S/C19H22ClN3O3/c1-11(2)8-18(24)22-12-4-6-15(20)14(9-12)19(25)23-17-10-13(26-3)5-7-16(17)21/h4-7,9-11H,8,21H2,1-3H3,(H,22,24)(H,23,25). The van der Waals surface area contributed by atoms with Gasteiger partial charge in [0.2, 0.25) is 5.91 Å². The van der Waals surface area contributed by atoms with Gasteiger partial charge in [0, 0.05) is 18.2 Å². The molecule has 0 aliphatic rings. The summed E-state index contributed by atoms with van der Waals surface area (Å²) < 4.78 is 5.13. The molecule has 6 nitrogen and oxygen atoms in total. The zero-order chi connectivity index (χ0) is 19.3. The van der Waals surface area contributed by atoms with E-state index in [2.05, 4.69) is 10.6 Å². The van der Waals surface area contributed by atoms with Crippen molar-refractivity contribution in [3.8, 4) is 5.75 Å². The van der Waals surface area contributed by atoms with Gasteiger partial charge in [-0.25, -0.2) is 0 Å². The number of carbonyl (C=O) groups excluding carboxylic acids is 2. The molecular weight excluding hydrogens is 354 g/mol. The molecule has 2 aromatic rings. The molecule has 0 aliphatic heterocycles. The fourth-order valence-corrected chi connectivity index (χ4v) is 2.52. The molecule has 2 amide bonds. The van der Waals surface area contributed by atoms with E-state index in [9.17, 15) is 9.59 Å². The maximum atomic E-state index is 12.6. The molecule has 0 aromatic heterocycles. The number of carbonyl (C=O) groups is 2. The first-order valence-electron chi connectivity index (χ1n) is 8.14. The number of nitrogens with one attached hydrogen (secondary N) is 2. The molecule has 0 saturated carbocycles. The van der Waals surface area contributed by atoms with E-state index in [1.54, 1.807) is 30.3 Å². The molecule has 2 aromatic carbocycles. The van der Waals surface area contributed by atoms with E-state index in [0.717, 1.165) is 0 Å². The summed E-state index contributed by atoms with van der Waals surface area (Å²) in [7, 11) is 1.53. The van der Waals surface area contributed by atoms with Gasteiger partial charge in [-0.05, 0) is 36.2 Å². The highest BCUT2D eigenvalue weighted by molar-refractivity contribution is 6.34. The lowest BCUT2D eigenvalue weighted by molar-refractivity contribution is -0.116. The highest BCUT2D eigenvalue weighted by Crippen LogP contribution is 2.27. The Morgan fingerprint density at radius 3 is 2.54 bits per heavy atom. The molecule has 0 radical (unpaired) electrons. The van der Waals surface area contributed by atoms with Crippen molar-refractivity contribution >= 4 is 40.5 Å². The Bertz CT molecular complexity index is 822. The van der Waals surface area contributed by atoms with Crippen LogP contribution in [0, 0.1) is 5.92 Å². The smallest absolute Gasteiger partial charge is 0.257 e. The molecule has 2 rings (SSSR count). The molecule has 0 fully saturated rings. The molecule has 0 spiro atoms. The van der Waals surface area contributed by atoms with Crippen LogP contribution >= 0.6 is 11.6 Å². The Balaban J connectivity index is 2.20. The molecule has 4 N–H and O–H groups in total. The maximum Gasteiger partial charge on any atom is 0.257 e. The van der Waals surface area contributed by atoms with Crippen LogP contribution in [0.5, 0.6) is 5.75 Å². The summed E-state index contributed by atoms with van der Waals surface area (Å²) in [5.74, 6) is 0.247. The first kappa shape index (κ1) is 19.6. The van der Waals surface area contributed by atoms with E-state index in [-0.39, 0.29) is 22.4 Å². The molecule has 26 heavy (non-hydrogen) atoms. The summed E-state index contributed by atoms with van der Waals surface area (Å²) in [5.41, 5.74) is 7.44. The van der Waals surface area contributed by atoms with Crippen LogP contribution in [0.25, 0.3) is 0 Å². The number of hydrogen-bond acceptors (Lipinski definition) is 4. The number of anilines is 3. The van der Waals surface area contributed by atoms with Crippen LogP contribution in [0.15, 0.2) is 36.4 Å². The molecule has 7 heteroatoms. The van der Waals surface area contributed by atoms with Crippen LogP contribution in [0.4, 0.5) is 17.1 Å². The molecular formula is C19H22ClN3O3. The molecule has 0 bridgehead atoms.